The van der Waals surface area contributed by atoms with Crippen LogP contribution in [0.25, 0.3) is 0 Å². The van der Waals surface area contributed by atoms with Crippen LogP contribution in [-0.2, 0) is 11.3 Å². The van der Waals surface area contributed by atoms with Gasteiger partial charge in [-0.2, -0.15) is 0 Å². The molecule has 0 radical (unpaired) electrons. The summed E-state index contributed by atoms with van der Waals surface area (Å²) in [6.07, 6.45) is 2.56. The van der Waals surface area contributed by atoms with E-state index in [-0.39, 0.29) is 11.7 Å². The van der Waals surface area contributed by atoms with Crippen LogP contribution < -0.4 is 9.47 Å². The first kappa shape index (κ1) is 21.8. The number of aromatic nitrogens is 2. The highest BCUT2D eigenvalue weighted by atomic mass is 35.5. The topological polar surface area (TPSA) is 73.8 Å². The van der Waals surface area contributed by atoms with Gasteiger partial charge in [0.05, 0.1) is 26.8 Å². The molecule has 152 valence electrons. The lowest BCUT2D eigenvalue weighted by Crippen LogP contribution is -2.38. The molecule has 2 rings (SSSR count). The molecule has 0 saturated heterocycles. The molecule has 0 aliphatic rings. The van der Waals surface area contributed by atoms with Gasteiger partial charge in [-0.25, -0.2) is 9.78 Å². The van der Waals surface area contributed by atoms with Gasteiger partial charge in [-0.15, -0.1) is 0 Å². The molecular weight excluding hydrogens is 382 g/mol. The van der Waals surface area contributed by atoms with Crippen molar-refractivity contribution in [2.75, 3.05) is 14.2 Å². The minimum Gasteiger partial charge on any atom is -0.497 e. The van der Waals surface area contributed by atoms with Crippen molar-refractivity contribution >= 4 is 17.7 Å². The Kier molecular flexibility index (Phi) is 7.07. The molecule has 1 heterocycles. The van der Waals surface area contributed by atoms with Crippen molar-refractivity contribution in [2.24, 2.45) is 0 Å². The molecule has 1 aromatic heterocycles. The number of hydrogen-bond acceptors (Lipinski definition) is 6. The van der Waals surface area contributed by atoms with E-state index in [0.29, 0.717) is 17.2 Å². The summed E-state index contributed by atoms with van der Waals surface area (Å²) in [5.74, 6) is 1.26. The van der Waals surface area contributed by atoms with Crippen LogP contribution in [0.2, 0.25) is 5.15 Å². The average Bonchev–Trinajstić information content (AvgIpc) is 2.64. The Morgan fingerprint density at radius 2 is 1.86 bits per heavy atom. The molecule has 1 atom stereocenters. The van der Waals surface area contributed by atoms with Crippen LogP contribution in [-0.4, -0.2) is 40.8 Å². The Labute approximate surface area is 170 Å². The van der Waals surface area contributed by atoms with E-state index in [1.807, 2.05) is 39.8 Å². The zero-order valence-corrected chi connectivity index (χ0v) is 17.8. The van der Waals surface area contributed by atoms with E-state index in [9.17, 15) is 4.79 Å². The van der Waals surface area contributed by atoms with Crippen LogP contribution >= 0.6 is 11.6 Å². The minimum absolute atomic E-state index is 0.232. The Balaban J connectivity index is 2.41. The first-order valence-corrected chi connectivity index (χ1v) is 9.21. The summed E-state index contributed by atoms with van der Waals surface area (Å²) in [5.41, 5.74) is 0.633. The molecule has 0 bridgehead atoms. The van der Waals surface area contributed by atoms with E-state index >= 15 is 0 Å². The van der Waals surface area contributed by atoms with Crippen LogP contribution in [0.5, 0.6) is 11.5 Å². The third kappa shape index (κ3) is 5.48. The van der Waals surface area contributed by atoms with E-state index in [2.05, 4.69) is 9.97 Å². The van der Waals surface area contributed by atoms with E-state index in [4.69, 9.17) is 25.8 Å². The number of ether oxygens (including phenoxy) is 3. The lowest BCUT2D eigenvalue weighted by molar-refractivity contribution is 0.0148. The van der Waals surface area contributed by atoms with E-state index in [1.165, 1.54) is 6.20 Å². The first-order chi connectivity index (χ1) is 13.2. The lowest BCUT2D eigenvalue weighted by atomic mass is 10.1. The van der Waals surface area contributed by atoms with Crippen molar-refractivity contribution in [2.45, 2.75) is 45.9 Å². The monoisotopic (exact) mass is 407 g/mol. The highest BCUT2D eigenvalue weighted by molar-refractivity contribution is 6.30. The van der Waals surface area contributed by atoms with Crippen molar-refractivity contribution in [3.8, 4) is 11.5 Å². The predicted octanol–water partition coefficient (Wildman–Crippen LogP) is 4.65. The molecule has 8 heteroatoms. The molecule has 2 aromatic rings. The maximum absolute atomic E-state index is 13.0. The number of amides is 1. The summed E-state index contributed by atoms with van der Waals surface area (Å²) in [5, 5.41) is 0.241. The molecule has 1 aromatic carbocycles. The Morgan fingerprint density at radius 3 is 2.43 bits per heavy atom. The van der Waals surface area contributed by atoms with Crippen molar-refractivity contribution in [3.05, 3.63) is 47.0 Å². The van der Waals surface area contributed by atoms with Gasteiger partial charge in [-0.1, -0.05) is 11.6 Å². The predicted molar refractivity (Wildman–Crippen MR) is 107 cm³/mol. The third-order valence-electron chi connectivity index (χ3n) is 4.01. The largest absolute Gasteiger partial charge is 0.497 e. The lowest BCUT2D eigenvalue weighted by Gasteiger charge is -2.32. The molecule has 0 spiro atoms. The van der Waals surface area contributed by atoms with Crippen LogP contribution in [0.15, 0.2) is 30.6 Å². The maximum atomic E-state index is 13.0. The molecule has 0 saturated carbocycles. The molecule has 0 N–H and O–H groups in total. The summed E-state index contributed by atoms with van der Waals surface area (Å²) in [4.78, 5) is 22.9. The molecule has 1 amide bonds. The second-order valence-corrected chi connectivity index (χ2v) is 7.55. The van der Waals surface area contributed by atoms with Gasteiger partial charge < -0.3 is 14.2 Å². The van der Waals surface area contributed by atoms with Crippen molar-refractivity contribution < 1.29 is 19.0 Å². The maximum Gasteiger partial charge on any atom is 0.411 e. The number of benzene rings is 1. The molecule has 0 aliphatic heterocycles. The third-order valence-corrected chi connectivity index (χ3v) is 4.30. The van der Waals surface area contributed by atoms with Gasteiger partial charge in [0.25, 0.3) is 0 Å². The second-order valence-electron chi connectivity index (χ2n) is 7.19. The van der Waals surface area contributed by atoms with Gasteiger partial charge in [0, 0.05) is 24.0 Å². The highest BCUT2D eigenvalue weighted by Gasteiger charge is 2.30. The summed E-state index contributed by atoms with van der Waals surface area (Å²) in [6.45, 7) is 7.51. The molecule has 1 unspecified atom stereocenters. The molecule has 0 fully saturated rings. The fourth-order valence-corrected chi connectivity index (χ4v) is 2.87. The molecular formula is C20H26ClN3O4. The zero-order valence-electron chi connectivity index (χ0n) is 17.0. The van der Waals surface area contributed by atoms with E-state index in [0.717, 1.165) is 5.56 Å². The van der Waals surface area contributed by atoms with Gasteiger partial charge in [0.15, 0.2) is 5.15 Å². The van der Waals surface area contributed by atoms with Gasteiger partial charge in [0.2, 0.25) is 0 Å². The summed E-state index contributed by atoms with van der Waals surface area (Å²) in [6, 6.07) is 4.95. The fourth-order valence-electron chi connectivity index (χ4n) is 2.61. The smallest absolute Gasteiger partial charge is 0.411 e. The normalized spacial score (nSPS) is 12.2. The number of halogens is 1. The van der Waals surface area contributed by atoms with Crippen LogP contribution in [0.3, 0.4) is 0 Å². The van der Waals surface area contributed by atoms with Crippen LogP contribution in [0, 0.1) is 0 Å². The quantitative estimate of drug-likeness (QED) is 0.694. The van der Waals surface area contributed by atoms with Crippen molar-refractivity contribution in [1.82, 2.24) is 14.9 Å². The SMILES string of the molecule is COc1ccc(CN(C(=O)OC(C)(C)C)C(C)c2nccnc2Cl)c(OC)c1. The Bertz CT molecular complexity index is 823. The fraction of sp³-hybridized carbons (Fsp3) is 0.450. The standard InChI is InChI=1S/C20H26ClN3O4/c1-13(17-18(21)23-10-9-22-17)24(19(25)28-20(2,3)4)12-14-7-8-15(26-5)11-16(14)27-6/h7-11,13H,12H2,1-6H3. The Hall–Kier alpha value is -2.54. The van der Waals surface area contributed by atoms with E-state index in [1.54, 1.807) is 31.4 Å². The van der Waals surface area contributed by atoms with Crippen LogP contribution in [0.1, 0.15) is 45.0 Å². The number of carbonyl (C=O) groups excluding carboxylic acids is 1. The number of carbonyl (C=O) groups is 1. The average molecular weight is 408 g/mol. The molecule has 0 aliphatic carbocycles. The second kappa shape index (κ2) is 9.10. The number of hydrogen-bond donors (Lipinski definition) is 0. The van der Waals surface area contributed by atoms with Gasteiger partial charge in [0.1, 0.15) is 22.8 Å². The van der Waals surface area contributed by atoms with E-state index < -0.39 is 17.7 Å². The zero-order chi connectivity index (χ0) is 20.9. The Morgan fingerprint density at radius 1 is 1.18 bits per heavy atom. The number of methoxy groups -OCH3 is 2. The van der Waals surface area contributed by atoms with Crippen LogP contribution in [0.4, 0.5) is 4.79 Å². The summed E-state index contributed by atoms with van der Waals surface area (Å²) in [7, 11) is 3.15. The number of rotatable bonds is 6. The van der Waals surface area contributed by atoms with Crippen molar-refractivity contribution in [1.29, 1.82) is 0 Å². The number of nitrogens with zero attached hydrogens (tertiary/aromatic N) is 3. The molecule has 28 heavy (non-hydrogen) atoms. The summed E-state index contributed by atoms with van der Waals surface area (Å²) >= 11 is 6.21. The summed E-state index contributed by atoms with van der Waals surface area (Å²) < 4.78 is 16.3. The van der Waals surface area contributed by atoms with Gasteiger partial charge in [-0.3, -0.25) is 9.88 Å². The highest BCUT2D eigenvalue weighted by Crippen LogP contribution is 2.31. The van der Waals surface area contributed by atoms with Crippen molar-refractivity contribution in [3.63, 3.8) is 0 Å². The minimum atomic E-state index is -0.648. The van der Waals surface area contributed by atoms with Gasteiger partial charge >= 0.3 is 6.09 Å². The van der Waals surface area contributed by atoms with Gasteiger partial charge in [-0.05, 0) is 39.8 Å². The molecule has 7 nitrogen and oxygen atoms in total. The first-order valence-electron chi connectivity index (χ1n) is 8.83.